The highest BCUT2D eigenvalue weighted by Crippen LogP contribution is 2.27. The van der Waals surface area contributed by atoms with Gasteiger partial charge in [0.2, 0.25) is 5.91 Å². The summed E-state index contributed by atoms with van der Waals surface area (Å²) in [5.41, 5.74) is -0.460. The lowest BCUT2D eigenvalue weighted by atomic mass is 10.1. The molecule has 1 amide bonds. The molecule has 0 spiro atoms. The van der Waals surface area contributed by atoms with Crippen molar-refractivity contribution in [1.29, 1.82) is 0 Å². The first-order valence-electron chi connectivity index (χ1n) is 8.24. The lowest BCUT2D eigenvalue weighted by Gasteiger charge is -2.31. The molecule has 9 heteroatoms. The van der Waals surface area contributed by atoms with Crippen molar-refractivity contribution < 1.29 is 22.0 Å². The van der Waals surface area contributed by atoms with Gasteiger partial charge in [0.15, 0.2) is 21.5 Å². The van der Waals surface area contributed by atoms with Crippen molar-refractivity contribution in [3.05, 3.63) is 23.8 Å². The summed E-state index contributed by atoms with van der Waals surface area (Å²) >= 11 is 0. The number of likely N-dealkylation sites (tertiary alicyclic amines) is 1. The Morgan fingerprint density at radius 3 is 2.32 bits per heavy atom. The van der Waals surface area contributed by atoms with Gasteiger partial charge < -0.3 is 15.5 Å². The van der Waals surface area contributed by atoms with Gasteiger partial charge in [-0.3, -0.25) is 4.79 Å². The fourth-order valence-electron chi connectivity index (χ4n) is 3.39. The van der Waals surface area contributed by atoms with E-state index in [0.717, 1.165) is 44.3 Å². The Hall–Kier alpha value is -1.74. The molecule has 2 heterocycles. The standard InChI is InChI=1S/C16H21F2N3O3S/c1-25(23,24)11-8-12(17)15(13(18)9-11)20-14-4-7-21(16(14)22)10-2-5-19-6-3-10/h8-10,14,19-20H,2-7H2,1H3/t14-/m0/s1. The largest absolute Gasteiger partial charge is 0.369 e. The number of hydrogen-bond donors (Lipinski definition) is 2. The summed E-state index contributed by atoms with van der Waals surface area (Å²) in [6, 6.07) is 0.987. The van der Waals surface area contributed by atoms with Crippen LogP contribution in [0.4, 0.5) is 14.5 Å². The van der Waals surface area contributed by atoms with E-state index in [-0.39, 0.29) is 11.9 Å². The maximum absolute atomic E-state index is 14.2. The van der Waals surface area contributed by atoms with E-state index in [1.165, 1.54) is 0 Å². The van der Waals surface area contributed by atoms with Gasteiger partial charge in [-0.15, -0.1) is 0 Å². The van der Waals surface area contributed by atoms with E-state index < -0.39 is 38.1 Å². The van der Waals surface area contributed by atoms with Gasteiger partial charge in [-0.1, -0.05) is 0 Å². The highest BCUT2D eigenvalue weighted by atomic mass is 32.2. The van der Waals surface area contributed by atoms with Gasteiger partial charge in [0.1, 0.15) is 11.7 Å². The van der Waals surface area contributed by atoms with Crippen molar-refractivity contribution in [2.45, 2.75) is 36.2 Å². The molecule has 6 nitrogen and oxygen atoms in total. The Morgan fingerprint density at radius 2 is 1.76 bits per heavy atom. The number of piperidine rings is 1. The third-order valence-corrected chi connectivity index (χ3v) is 5.84. The number of carbonyl (C=O) groups excluding carboxylic acids is 1. The molecule has 0 aromatic heterocycles. The Kier molecular flexibility index (Phi) is 4.97. The number of sulfone groups is 1. The Labute approximate surface area is 145 Å². The molecule has 138 valence electrons. The second-order valence-corrected chi connectivity index (χ2v) is 8.55. The van der Waals surface area contributed by atoms with Gasteiger partial charge in [0, 0.05) is 18.8 Å². The Morgan fingerprint density at radius 1 is 1.16 bits per heavy atom. The summed E-state index contributed by atoms with van der Waals surface area (Å²) in [6.07, 6.45) is 3.07. The number of benzene rings is 1. The van der Waals surface area contributed by atoms with E-state index in [0.29, 0.717) is 13.0 Å². The molecule has 25 heavy (non-hydrogen) atoms. The van der Waals surface area contributed by atoms with Gasteiger partial charge in [-0.05, 0) is 44.5 Å². The molecule has 0 radical (unpaired) electrons. The van der Waals surface area contributed by atoms with Crippen LogP contribution in [0.5, 0.6) is 0 Å². The van der Waals surface area contributed by atoms with Crippen LogP contribution in [0.15, 0.2) is 17.0 Å². The predicted molar refractivity (Wildman–Crippen MR) is 89.1 cm³/mol. The number of nitrogens with zero attached hydrogens (tertiary/aromatic N) is 1. The van der Waals surface area contributed by atoms with Crippen LogP contribution in [0, 0.1) is 11.6 Å². The molecular weight excluding hydrogens is 352 g/mol. The third kappa shape index (κ3) is 3.77. The second-order valence-electron chi connectivity index (χ2n) is 6.53. The van der Waals surface area contributed by atoms with Gasteiger partial charge in [0.05, 0.1) is 4.90 Å². The summed E-state index contributed by atoms with van der Waals surface area (Å²) < 4.78 is 51.2. The van der Waals surface area contributed by atoms with E-state index in [4.69, 9.17) is 0 Å². The average Bonchev–Trinajstić information content (AvgIpc) is 2.91. The minimum atomic E-state index is -3.71. The molecule has 2 N–H and O–H groups in total. The van der Waals surface area contributed by atoms with Crippen LogP contribution in [0.3, 0.4) is 0 Å². The van der Waals surface area contributed by atoms with Crippen molar-refractivity contribution >= 4 is 21.4 Å². The van der Waals surface area contributed by atoms with Gasteiger partial charge in [0.25, 0.3) is 0 Å². The van der Waals surface area contributed by atoms with Crippen LogP contribution in [0.1, 0.15) is 19.3 Å². The molecule has 2 aliphatic rings. The Balaban J connectivity index is 1.76. The smallest absolute Gasteiger partial charge is 0.245 e. The van der Waals surface area contributed by atoms with Gasteiger partial charge in [-0.2, -0.15) is 0 Å². The van der Waals surface area contributed by atoms with Crippen LogP contribution < -0.4 is 10.6 Å². The molecule has 2 aliphatic heterocycles. The molecule has 1 aromatic carbocycles. The maximum atomic E-state index is 14.2. The lowest BCUT2D eigenvalue weighted by Crippen LogP contribution is -2.45. The summed E-state index contributed by atoms with van der Waals surface area (Å²) in [6.45, 7) is 2.25. The highest BCUT2D eigenvalue weighted by Gasteiger charge is 2.37. The zero-order chi connectivity index (χ0) is 18.2. The molecule has 3 rings (SSSR count). The molecule has 1 atom stereocenters. The van der Waals surface area contributed by atoms with Crippen LogP contribution in [-0.2, 0) is 14.6 Å². The number of nitrogens with one attached hydrogen (secondary N) is 2. The summed E-state index contributed by atoms with van der Waals surface area (Å²) in [5.74, 6) is -2.21. The normalized spacial score (nSPS) is 22.4. The monoisotopic (exact) mass is 373 g/mol. The zero-order valence-corrected chi connectivity index (χ0v) is 14.7. The Bertz CT molecular complexity index is 756. The number of rotatable bonds is 4. The number of amides is 1. The minimum Gasteiger partial charge on any atom is -0.369 e. The van der Waals surface area contributed by atoms with Gasteiger partial charge in [-0.25, -0.2) is 17.2 Å². The fourth-order valence-corrected chi connectivity index (χ4v) is 4.03. The SMILES string of the molecule is CS(=O)(=O)c1cc(F)c(N[C@H]2CCN(C3CCNCC3)C2=O)c(F)c1. The number of hydrogen-bond acceptors (Lipinski definition) is 5. The number of carbonyl (C=O) groups is 1. The first kappa shape index (κ1) is 18.1. The molecule has 0 bridgehead atoms. The van der Waals surface area contributed by atoms with Crippen molar-refractivity contribution in [2.75, 3.05) is 31.2 Å². The molecule has 2 saturated heterocycles. The number of halogens is 2. The lowest BCUT2D eigenvalue weighted by molar-refractivity contribution is -0.130. The average molecular weight is 373 g/mol. The maximum Gasteiger partial charge on any atom is 0.245 e. The van der Waals surface area contributed by atoms with Crippen LogP contribution in [0.25, 0.3) is 0 Å². The zero-order valence-electron chi connectivity index (χ0n) is 13.9. The molecule has 0 saturated carbocycles. The second kappa shape index (κ2) is 6.87. The minimum absolute atomic E-state index is 0.155. The van der Waals surface area contributed by atoms with Crippen molar-refractivity contribution in [1.82, 2.24) is 10.2 Å². The van der Waals surface area contributed by atoms with Crippen LogP contribution in [0.2, 0.25) is 0 Å². The first-order valence-corrected chi connectivity index (χ1v) is 10.1. The first-order chi connectivity index (χ1) is 11.8. The van der Waals surface area contributed by atoms with E-state index in [2.05, 4.69) is 10.6 Å². The summed E-state index contributed by atoms with van der Waals surface area (Å²) in [7, 11) is -3.71. The fraction of sp³-hybridized carbons (Fsp3) is 0.562. The molecule has 0 unspecified atom stereocenters. The molecule has 2 fully saturated rings. The topological polar surface area (TPSA) is 78.5 Å². The van der Waals surface area contributed by atoms with Crippen molar-refractivity contribution in [3.63, 3.8) is 0 Å². The van der Waals surface area contributed by atoms with E-state index >= 15 is 0 Å². The van der Waals surface area contributed by atoms with E-state index in [1.807, 2.05) is 0 Å². The van der Waals surface area contributed by atoms with Crippen LogP contribution in [-0.4, -0.2) is 57.2 Å². The quantitative estimate of drug-likeness (QED) is 0.827. The van der Waals surface area contributed by atoms with E-state index in [9.17, 15) is 22.0 Å². The van der Waals surface area contributed by atoms with Crippen molar-refractivity contribution in [2.24, 2.45) is 0 Å². The summed E-state index contributed by atoms with van der Waals surface area (Å²) in [5, 5.41) is 5.86. The molecular formula is C16H21F2N3O3S. The van der Waals surface area contributed by atoms with Crippen molar-refractivity contribution in [3.8, 4) is 0 Å². The third-order valence-electron chi connectivity index (χ3n) is 4.75. The van der Waals surface area contributed by atoms with E-state index in [1.54, 1.807) is 4.90 Å². The predicted octanol–water partition coefficient (Wildman–Crippen LogP) is 1.13. The molecule has 1 aromatic rings. The van der Waals surface area contributed by atoms with Crippen LogP contribution >= 0.6 is 0 Å². The molecule has 0 aliphatic carbocycles. The van der Waals surface area contributed by atoms with Gasteiger partial charge >= 0.3 is 0 Å². The number of anilines is 1. The highest BCUT2D eigenvalue weighted by molar-refractivity contribution is 7.90. The summed E-state index contributed by atoms with van der Waals surface area (Å²) in [4.78, 5) is 13.9.